The summed E-state index contributed by atoms with van der Waals surface area (Å²) in [6, 6.07) is 13.0. The summed E-state index contributed by atoms with van der Waals surface area (Å²) in [4.78, 5) is 12.1. The van der Waals surface area contributed by atoms with E-state index >= 15 is 0 Å². The number of anilines is 2. The third-order valence-electron chi connectivity index (χ3n) is 2.82. The molecule has 0 fully saturated rings. The molecule has 0 saturated carbocycles. The van der Waals surface area contributed by atoms with Crippen LogP contribution in [-0.2, 0) is 0 Å². The average molecular weight is 240 g/mol. The maximum absolute atomic E-state index is 12.1. The molecule has 3 N–H and O–H groups in total. The van der Waals surface area contributed by atoms with Crippen molar-refractivity contribution in [3.05, 3.63) is 59.2 Å². The normalized spacial score (nSPS) is 10.1. The van der Waals surface area contributed by atoms with E-state index in [9.17, 15) is 4.79 Å². The second-order valence-electron chi connectivity index (χ2n) is 4.39. The lowest BCUT2D eigenvalue weighted by Crippen LogP contribution is -2.13. The number of rotatable bonds is 2. The van der Waals surface area contributed by atoms with Gasteiger partial charge in [-0.25, -0.2) is 0 Å². The maximum Gasteiger partial charge on any atom is 0.256 e. The molecule has 0 unspecified atom stereocenters. The highest BCUT2D eigenvalue weighted by Gasteiger charge is 2.09. The summed E-state index contributed by atoms with van der Waals surface area (Å²) in [5.74, 6) is -0.136. The summed E-state index contributed by atoms with van der Waals surface area (Å²) in [5, 5.41) is 2.86. The summed E-state index contributed by atoms with van der Waals surface area (Å²) in [6.07, 6.45) is 0. The van der Waals surface area contributed by atoms with Crippen molar-refractivity contribution in [1.82, 2.24) is 0 Å². The van der Waals surface area contributed by atoms with E-state index in [0.29, 0.717) is 11.3 Å². The van der Waals surface area contributed by atoms with Gasteiger partial charge in [0.1, 0.15) is 0 Å². The molecule has 2 aromatic rings. The van der Waals surface area contributed by atoms with Crippen LogP contribution in [0.3, 0.4) is 0 Å². The average Bonchev–Trinajstić information content (AvgIpc) is 2.35. The Bertz CT molecular complexity index is 574. The number of hydrogen-bond acceptors (Lipinski definition) is 2. The summed E-state index contributed by atoms with van der Waals surface area (Å²) < 4.78 is 0. The van der Waals surface area contributed by atoms with Gasteiger partial charge in [-0.1, -0.05) is 23.8 Å². The smallest absolute Gasteiger partial charge is 0.256 e. The largest absolute Gasteiger partial charge is 0.399 e. The molecule has 0 saturated heterocycles. The highest BCUT2D eigenvalue weighted by Crippen LogP contribution is 2.15. The Morgan fingerprint density at radius 1 is 1.06 bits per heavy atom. The summed E-state index contributed by atoms with van der Waals surface area (Å²) in [5.41, 5.74) is 9.75. The van der Waals surface area contributed by atoms with Crippen LogP contribution in [-0.4, -0.2) is 5.91 Å². The van der Waals surface area contributed by atoms with E-state index in [2.05, 4.69) is 5.32 Å². The van der Waals surface area contributed by atoms with Crippen LogP contribution in [0, 0.1) is 13.8 Å². The van der Waals surface area contributed by atoms with Gasteiger partial charge in [-0.15, -0.1) is 0 Å². The first-order valence-corrected chi connectivity index (χ1v) is 5.80. The highest BCUT2D eigenvalue weighted by atomic mass is 16.1. The van der Waals surface area contributed by atoms with Crippen molar-refractivity contribution in [2.24, 2.45) is 0 Å². The van der Waals surface area contributed by atoms with Gasteiger partial charge in [0, 0.05) is 16.9 Å². The van der Waals surface area contributed by atoms with E-state index in [1.807, 2.05) is 44.2 Å². The topological polar surface area (TPSA) is 55.1 Å². The predicted octanol–water partition coefficient (Wildman–Crippen LogP) is 3.14. The van der Waals surface area contributed by atoms with Gasteiger partial charge in [0.05, 0.1) is 0 Å². The lowest BCUT2D eigenvalue weighted by Gasteiger charge is -2.08. The molecule has 2 rings (SSSR count). The number of aryl methyl sites for hydroxylation is 2. The fourth-order valence-corrected chi connectivity index (χ4v) is 1.72. The molecule has 0 aliphatic heterocycles. The minimum Gasteiger partial charge on any atom is -0.399 e. The fourth-order valence-electron chi connectivity index (χ4n) is 1.72. The number of carbonyl (C=O) groups excluding carboxylic acids is 1. The van der Waals surface area contributed by atoms with E-state index < -0.39 is 0 Å². The third kappa shape index (κ3) is 2.69. The molecule has 3 nitrogen and oxygen atoms in total. The molecule has 0 radical (unpaired) electrons. The van der Waals surface area contributed by atoms with Crippen LogP contribution in [0.1, 0.15) is 21.5 Å². The number of carbonyl (C=O) groups is 1. The molecule has 0 aromatic heterocycles. The zero-order valence-electron chi connectivity index (χ0n) is 10.5. The minimum atomic E-state index is -0.136. The Morgan fingerprint density at radius 2 is 1.72 bits per heavy atom. The van der Waals surface area contributed by atoms with Gasteiger partial charge >= 0.3 is 0 Å². The van der Waals surface area contributed by atoms with Crippen LogP contribution in [0.2, 0.25) is 0 Å². The van der Waals surface area contributed by atoms with Crippen LogP contribution >= 0.6 is 0 Å². The van der Waals surface area contributed by atoms with E-state index in [1.54, 1.807) is 12.1 Å². The molecule has 2 aromatic carbocycles. The van der Waals surface area contributed by atoms with Gasteiger partial charge < -0.3 is 11.1 Å². The second-order valence-corrected chi connectivity index (χ2v) is 4.39. The van der Waals surface area contributed by atoms with Gasteiger partial charge in [-0.2, -0.15) is 0 Å². The van der Waals surface area contributed by atoms with Gasteiger partial charge in [0.2, 0.25) is 0 Å². The number of amides is 1. The first kappa shape index (κ1) is 12.2. The molecule has 0 aliphatic carbocycles. The van der Waals surface area contributed by atoms with Crippen molar-refractivity contribution in [2.45, 2.75) is 13.8 Å². The first-order chi connectivity index (χ1) is 8.56. The molecule has 3 heteroatoms. The molecule has 0 bridgehead atoms. The van der Waals surface area contributed by atoms with Crippen LogP contribution in [0.25, 0.3) is 0 Å². The van der Waals surface area contributed by atoms with Crippen molar-refractivity contribution in [3.63, 3.8) is 0 Å². The summed E-state index contributed by atoms with van der Waals surface area (Å²) >= 11 is 0. The van der Waals surface area contributed by atoms with Gasteiger partial charge in [0.25, 0.3) is 5.91 Å². The van der Waals surface area contributed by atoms with Crippen molar-refractivity contribution in [2.75, 3.05) is 11.1 Å². The monoisotopic (exact) mass is 240 g/mol. The van der Waals surface area contributed by atoms with Crippen LogP contribution < -0.4 is 11.1 Å². The minimum absolute atomic E-state index is 0.136. The van der Waals surface area contributed by atoms with Crippen molar-refractivity contribution < 1.29 is 4.79 Å². The Hall–Kier alpha value is -2.29. The van der Waals surface area contributed by atoms with Crippen molar-refractivity contribution >= 4 is 17.3 Å². The number of benzene rings is 2. The van der Waals surface area contributed by atoms with E-state index in [1.165, 1.54) is 0 Å². The third-order valence-corrected chi connectivity index (χ3v) is 2.82. The predicted molar refractivity (Wildman–Crippen MR) is 74.7 cm³/mol. The number of nitrogens with two attached hydrogens (primary N) is 1. The SMILES string of the molecule is Cc1ccc(NC(=O)c2cc(N)ccc2C)cc1. The second kappa shape index (κ2) is 4.92. The van der Waals surface area contributed by atoms with Crippen molar-refractivity contribution in [3.8, 4) is 0 Å². The van der Waals surface area contributed by atoms with E-state index in [-0.39, 0.29) is 5.91 Å². The zero-order valence-corrected chi connectivity index (χ0v) is 10.5. The quantitative estimate of drug-likeness (QED) is 0.792. The van der Waals surface area contributed by atoms with E-state index in [4.69, 9.17) is 5.73 Å². The molecule has 18 heavy (non-hydrogen) atoms. The standard InChI is InChI=1S/C15H16N2O/c1-10-3-7-13(8-4-10)17-15(18)14-9-12(16)6-5-11(14)2/h3-9H,16H2,1-2H3,(H,17,18). The Kier molecular flexibility index (Phi) is 3.33. The molecule has 0 heterocycles. The van der Waals surface area contributed by atoms with Gasteiger partial charge in [-0.3, -0.25) is 4.79 Å². The summed E-state index contributed by atoms with van der Waals surface area (Å²) in [6.45, 7) is 3.90. The van der Waals surface area contributed by atoms with Crippen LogP contribution in [0.5, 0.6) is 0 Å². The van der Waals surface area contributed by atoms with Gasteiger partial charge in [-0.05, 0) is 43.7 Å². The number of nitrogen functional groups attached to an aromatic ring is 1. The lowest BCUT2D eigenvalue weighted by atomic mass is 10.1. The molecule has 0 spiro atoms. The zero-order chi connectivity index (χ0) is 13.1. The number of hydrogen-bond donors (Lipinski definition) is 2. The molecule has 92 valence electrons. The van der Waals surface area contributed by atoms with Crippen molar-refractivity contribution in [1.29, 1.82) is 0 Å². The Labute approximate surface area is 107 Å². The van der Waals surface area contributed by atoms with Gasteiger partial charge in [0.15, 0.2) is 0 Å². The molecule has 1 amide bonds. The summed E-state index contributed by atoms with van der Waals surface area (Å²) in [7, 11) is 0. The van der Waals surface area contributed by atoms with E-state index in [0.717, 1.165) is 16.8 Å². The van der Waals surface area contributed by atoms with Crippen LogP contribution in [0.15, 0.2) is 42.5 Å². The Morgan fingerprint density at radius 3 is 2.39 bits per heavy atom. The van der Waals surface area contributed by atoms with Crippen LogP contribution in [0.4, 0.5) is 11.4 Å². The number of nitrogens with one attached hydrogen (secondary N) is 1. The maximum atomic E-state index is 12.1. The first-order valence-electron chi connectivity index (χ1n) is 5.80. The molecular weight excluding hydrogens is 224 g/mol. The lowest BCUT2D eigenvalue weighted by molar-refractivity contribution is 0.102. The fraction of sp³-hybridized carbons (Fsp3) is 0.133. The Balaban J connectivity index is 2.21. The molecule has 0 aliphatic rings. The molecular formula is C15H16N2O. The molecule has 0 atom stereocenters. The highest BCUT2D eigenvalue weighted by molar-refractivity contribution is 6.05.